The Balaban J connectivity index is 2.49. The lowest BCUT2D eigenvalue weighted by Gasteiger charge is -2.07. The van der Waals surface area contributed by atoms with Crippen molar-refractivity contribution in [1.29, 1.82) is 0 Å². The first-order valence-electron chi connectivity index (χ1n) is 8.75. The number of rotatable bonds is 8. The number of allylic oxidation sites excluding steroid dienone is 6. The number of aryl methyl sites for hydroxylation is 1. The zero-order valence-electron chi connectivity index (χ0n) is 15.8. The van der Waals surface area contributed by atoms with Gasteiger partial charge in [-0.2, -0.15) is 0 Å². The molecule has 1 aromatic carbocycles. The molecule has 24 heavy (non-hydrogen) atoms. The van der Waals surface area contributed by atoms with Crippen LogP contribution in [0.4, 0.5) is 0 Å². The number of phenols is 2. The summed E-state index contributed by atoms with van der Waals surface area (Å²) >= 11 is 0. The van der Waals surface area contributed by atoms with Gasteiger partial charge in [0.1, 0.15) is 0 Å². The minimum atomic E-state index is -0.0361. The largest absolute Gasteiger partial charge is 0.504 e. The highest BCUT2D eigenvalue weighted by molar-refractivity contribution is 5.48. The molecule has 1 rings (SSSR count). The molecule has 0 aliphatic carbocycles. The Bertz CT molecular complexity index is 630. The van der Waals surface area contributed by atoms with Crippen molar-refractivity contribution in [2.45, 2.75) is 66.7 Å². The van der Waals surface area contributed by atoms with E-state index in [4.69, 9.17) is 0 Å². The smallest absolute Gasteiger partial charge is 0.161 e. The summed E-state index contributed by atoms with van der Waals surface area (Å²) in [6.45, 7) is 10.5. The fourth-order valence-corrected chi connectivity index (χ4v) is 2.61. The van der Waals surface area contributed by atoms with Crippen molar-refractivity contribution >= 4 is 0 Å². The predicted molar refractivity (Wildman–Crippen MR) is 104 cm³/mol. The summed E-state index contributed by atoms with van der Waals surface area (Å²) in [7, 11) is 0. The third-order valence-electron chi connectivity index (χ3n) is 4.11. The number of benzene rings is 1. The van der Waals surface area contributed by atoms with E-state index in [0.29, 0.717) is 6.42 Å². The SMILES string of the molecule is CC(C)=CCC/C(C)=C/CC/C(C)=C/Cc1cc(C)cc(O)c1O. The zero-order valence-corrected chi connectivity index (χ0v) is 15.8. The van der Waals surface area contributed by atoms with Crippen molar-refractivity contribution in [2.24, 2.45) is 0 Å². The normalized spacial score (nSPS) is 12.4. The maximum atomic E-state index is 9.91. The fourth-order valence-electron chi connectivity index (χ4n) is 2.61. The van der Waals surface area contributed by atoms with E-state index in [1.165, 1.54) is 16.7 Å². The average molecular weight is 328 g/mol. The summed E-state index contributed by atoms with van der Waals surface area (Å²) in [6.07, 6.45) is 11.7. The van der Waals surface area contributed by atoms with Crippen LogP contribution in [0.2, 0.25) is 0 Å². The second-order valence-electron chi connectivity index (χ2n) is 6.96. The van der Waals surface area contributed by atoms with E-state index >= 15 is 0 Å². The minimum Gasteiger partial charge on any atom is -0.504 e. The minimum absolute atomic E-state index is 0.000312. The van der Waals surface area contributed by atoms with Gasteiger partial charge >= 0.3 is 0 Å². The molecule has 0 unspecified atom stereocenters. The average Bonchev–Trinajstić information content (AvgIpc) is 2.49. The second-order valence-corrected chi connectivity index (χ2v) is 6.96. The molecule has 2 nitrogen and oxygen atoms in total. The Labute approximate surface area is 147 Å². The second kappa shape index (κ2) is 10.0. The van der Waals surface area contributed by atoms with Crippen LogP contribution in [0.1, 0.15) is 64.5 Å². The first kappa shape index (κ1) is 20.1. The first-order valence-corrected chi connectivity index (χ1v) is 8.75. The number of phenolic OH excluding ortho intramolecular Hbond substituents is 2. The molecule has 0 bridgehead atoms. The highest BCUT2D eigenvalue weighted by Crippen LogP contribution is 2.31. The maximum absolute atomic E-state index is 9.91. The van der Waals surface area contributed by atoms with Crippen LogP contribution in [0.3, 0.4) is 0 Å². The third-order valence-corrected chi connectivity index (χ3v) is 4.11. The highest BCUT2D eigenvalue weighted by Gasteiger charge is 2.06. The van der Waals surface area contributed by atoms with Crippen LogP contribution in [-0.2, 0) is 6.42 Å². The summed E-state index contributed by atoms with van der Waals surface area (Å²) < 4.78 is 0. The van der Waals surface area contributed by atoms with Crippen LogP contribution in [0.15, 0.2) is 47.1 Å². The van der Waals surface area contributed by atoms with Crippen molar-refractivity contribution < 1.29 is 10.2 Å². The van der Waals surface area contributed by atoms with E-state index in [9.17, 15) is 10.2 Å². The highest BCUT2D eigenvalue weighted by atomic mass is 16.3. The van der Waals surface area contributed by atoms with Crippen molar-refractivity contribution in [1.82, 2.24) is 0 Å². The summed E-state index contributed by atoms with van der Waals surface area (Å²) in [5.74, 6) is -0.0364. The Kier molecular flexibility index (Phi) is 8.39. The molecule has 0 spiro atoms. The molecule has 0 atom stereocenters. The van der Waals surface area contributed by atoms with E-state index in [0.717, 1.165) is 36.8 Å². The molecule has 0 radical (unpaired) electrons. The quantitative estimate of drug-likeness (QED) is 0.430. The molecule has 0 saturated carbocycles. The molecule has 2 heteroatoms. The van der Waals surface area contributed by atoms with Crippen LogP contribution in [0, 0.1) is 6.92 Å². The van der Waals surface area contributed by atoms with Gasteiger partial charge in [0, 0.05) is 5.56 Å². The molecular weight excluding hydrogens is 296 g/mol. The van der Waals surface area contributed by atoms with Gasteiger partial charge in [0.05, 0.1) is 0 Å². The van der Waals surface area contributed by atoms with Crippen LogP contribution < -0.4 is 0 Å². The standard InChI is InChI=1S/C22H32O2/c1-16(2)8-6-9-17(3)10-7-11-18(4)12-13-20-14-19(5)15-21(23)22(20)24/h8,10,12,14-15,23-24H,6-7,9,11,13H2,1-5H3/b17-10+,18-12+. The van der Waals surface area contributed by atoms with Gasteiger partial charge in [-0.1, -0.05) is 41.0 Å². The molecule has 2 N–H and O–H groups in total. The molecule has 0 amide bonds. The summed E-state index contributed by atoms with van der Waals surface area (Å²) in [6, 6.07) is 3.50. The van der Waals surface area contributed by atoms with Crippen molar-refractivity contribution in [3.63, 3.8) is 0 Å². The van der Waals surface area contributed by atoms with Crippen LogP contribution in [-0.4, -0.2) is 10.2 Å². The molecule has 0 fully saturated rings. The Morgan fingerprint density at radius 3 is 2.08 bits per heavy atom. The third kappa shape index (κ3) is 7.54. The topological polar surface area (TPSA) is 40.5 Å². The van der Waals surface area contributed by atoms with E-state index in [-0.39, 0.29) is 11.5 Å². The molecule has 1 aromatic rings. The number of hydrogen-bond donors (Lipinski definition) is 2. The summed E-state index contributed by atoms with van der Waals surface area (Å²) in [4.78, 5) is 0. The van der Waals surface area contributed by atoms with Crippen molar-refractivity contribution in [3.8, 4) is 11.5 Å². The van der Waals surface area contributed by atoms with Crippen LogP contribution >= 0.6 is 0 Å². The summed E-state index contributed by atoms with van der Waals surface area (Å²) in [5, 5.41) is 19.6. The van der Waals surface area contributed by atoms with Gasteiger partial charge in [0.2, 0.25) is 0 Å². The lowest BCUT2D eigenvalue weighted by molar-refractivity contribution is 0.400. The Hall–Kier alpha value is -1.96. The van der Waals surface area contributed by atoms with Crippen LogP contribution in [0.25, 0.3) is 0 Å². The molecule has 0 heterocycles. The summed E-state index contributed by atoms with van der Waals surface area (Å²) in [5.41, 5.74) is 5.87. The van der Waals surface area contributed by atoms with Gasteiger partial charge in [-0.15, -0.1) is 0 Å². The van der Waals surface area contributed by atoms with Gasteiger partial charge in [0.15, 0.2) is 11.5 Å². The van der Waals surface area contributed by atoms with Crippen LogP contribution in [0.5, 0.6) is 11.5 Å². The van der Waals surface area contributed by atoms with E-state index in [1.54, 1.807) is 6.07 Å². The molecule has 0 aromatic heterocycles. The zero-order chi connectivity index (χ0) is 18.1. The molecule has 132 valence electrons. The van der Waals surface area contributed by atoms with Gasteiger partial charge in [0.25, 0.3) is 0 Å². The van der Waals surface area contributed by atoms with Crippen molar-refractivity contribution in [2.75, 3.05) is 0 Å². The first-order chi connectivity index (χ1) is 11.3. The van der Waals surface area contributed by atoms with Gasteiger partial charge in [-0.05, 0) is 78.4 Å². The molecular formula is C22H32O2. The molecule has 0 saturated heterocycles. The van der Waals surface area contributed by atoms with Gasteiger partial charge in [-0.25, -0.2) is 0 Å². The maximum Gasteiger partial charge on any atom is 0.161 e. The lowest BCUT2D eigenvalue weighted by atomic mass is 10.0. The Morgan fingerprint density at radius 2 is 1.46 bits per heavy atom. The molecule has 0 aliphatic heterocycles. The number of hydrogen-bond acceptors (Lipinski definition) is 2. The lowest BCUT2D eigenvalue weighted by Crippen LogP contribution is -1.87. The molecule has 0 aliphatic rings. The number of aromatic hydroxyl groups is 2. The van der Waals surface area contributed by atoms with Crippen molar-refractivity contribution in [3.05, 3.63) is 58.2 Å². The Morgan fingerprint density at radius 1 is 0.875 bits per heavy atom. The fraction of sp³-hybridized carbons (Fsp3) is 0.455. The monoisotopic (exact) mass is 328 g/mol. The van der Waals surface area contributed by atoms with Gasteiger partial charge < -0.3 is 10.2 Å². The predicted octanol–water partition coefficient (Wildman–Crippen LogP) is 6.37. The van der Waals surface area contributed by atoms with E-state index in [1.807, 2.05) is 13.0 Å². The van der Waals surface area contributed by atoms with E-state index < -0.39 is 0 Å². The van der Waals surface area contributed by atoms with Gasteiger partial charge in [-0.3, -0.25) is 0 Å². The van der Waals surface area contributed by atoms with E-state index in [2.05, 4.69) is 45.9 Å².